The van der Waals surface area contributed by atoms with Gasteiger partial charge in [0.25, 0.3) is 0 Å². The molecule has 1 aliphatic rings. The van der Waals surface area contributed by atoms with E-state index in [0.29, 0.717) is 17.5 Å². The van der Waals surface area contributed by atoms with Crippen molar-refractivity contribution in [1.29, 1.82) is 0 Å². The molecule has 0 saturated heterocycles. The van der Waals surface area contributed by atoms with Crippen LogP contribution in [-0.2, 0) is 6.42 Å². The summed E-state index contributed by atoms with van der Waals surface area (Å²) in [6, 6.07) is 7.44. The van der Waals surface area contributed by atoms with Crippen molar-refractivity contribution < 1.29 is 4.42 Å². The quantitative estimate of drug-likeness (QED) is 0.817. The molecule has 0 radical (unpaired) electrons. The summed E-state index contributed by atoms with van der Waals surface area (Å²) in [4.78, 5) is 1.43. The Bertz CT molecular complexity index is 597. The zero-order valence-electron chi connectivity index (χ0n) is 13.4. The van der Waals surface area contributed by atoms with Gasteiger partial charge in [-0.05, 0) is 42.7 Å². The predicted octanol–water partition coefficient (Wildman–Crippen LogP) is 5.40. The van der Waals surface area contributed by atoms with Gasteiger partial charge in [0, 0.05) is 28.9 Å². The van der Waals surface area contributed by atoms with Gasteiger partial charge in [0.1, 0.15) is 11.5 Å². The first-order chi connectivity index (χ1) is 9.98. The van der Waals surface area contributed by atoms with Crippen molar-refractivity contribution in [1.82, 2.24) is 5.32 Å². The van der Waals surface area contributed by atoms with Gasteiger partial charge < -0.3 is 9.73 Å². The van der Waals surface area contributed by atoms with Crippen LogP contribution in [-0.4, -0.2) is 0 Å². The number of furan rings is 1. The fraction of sp³-hybridized carbons (Fsp3) is 0.556. The van der Waals surface area contributed by atoms with E-state index in [0.717, 1.165) is 18.6 Å². The molecule has 0 saturated carbocycles. The largest absolute Gasteiger partial charge is 0.466 e. The van der Waals surface area contributed by atoms with Gasteiger partial charge in [0.15, 0.2) is 0 Å². The molecular formula is C18H25NOS. The third-order valence-electron chi connectivity index (χ3n) is 4.43. The van der Waals surface area contributed by atoms with Gasteiger partial charge in [-0.3, -0.25) is 0 Å². The number of nitrogens with one attached hydrogen (secondary N) is 1. The molecule has 0 bridgehead atoms. The maximum atomic E-state index is 5.94. The highest BCUT2D eigenvalue weighted by atomic mass is 32.1. The van der Waals surface area contributed by atoms with Crippen LogP contribution in [0.2, 0.25) is 0 Å². The van der Waals surface area contributed by atoms with Gasteiger partial charge >= 0.3 is 0 Å². The topological polar surface area (TPSA) is 25.2 Å². The maximum Gasteiger partial charge on any atom is 0.109 e. The molecule has 1 N–H and O–H groups in total. The molecule has 2 heterocycles. The van der Waals surface area contributed by atoms with Gasteiger partial charge in [-0.2, -0.15) is 0 Å². The minimum atomic E-state index is 0.294. The van der Waals surface area contributed by atoms with Gasteiger partial charge in [-0.1, -0.05) is 26.8 Å². The molecule has 0 fully saturated rings. The van der Waals surface area contributed by atoms with Crippen molar-refractivity contribution >= 4 is 11.3 Å². The summed E-state index contributed by atoms with van der Waals surface area (Å²) in [5.41, 5.74) is 1.67. The fourth-order valence-electron chi connectivity index (χ4n) is 3.47. The molecule has 0 amide bonds. The molecule has 0 aliphatic heterocycles. The number of thiophene rings is 1. The van der Waals surface area contributed by atoms with E-state index in [9.17, 15) is 0 Å². The Labute approximate surface area is 131 Å². The molecule has 2 atom stereocenters. The molecular weight excluding hydrogens is 278 g/mol. The lowest BCUT2D eigenvalue weighted by molar-refractivity contribution is 0.224. The first-order valence-electron chi connectivity index (χ1n) is 7.87. The van der Waals surface area contributed by atoms with E-state index < -0.39 is 0 Å². The van der Waals surface area contributed by atoms with Crippen molar-refractivity contribution in [3.63, 3.8) is 0 Å². The molecule has 3 heteroatoms. The molecule has 0 aromatic carbocycles. The van der Waals surface area contributed by atoms with E-state index in [1.54, 1.807) is 0 Å². The van der Waals surface area contributed by atoms with Crippen LogP contribution >= 0.6 is 11.3 Å². The van der Waals surface area contributed by atoms with Crippen LogP contribution in [0, 0.1) is 12.3 Å². The highest BCUT2D eigenvalue weighted by molar-refractivity contribution is 7.10. The summed E-state index contributed by atoms with van der Waals surface area (Å²) >= 11 is 1.84. The summed E-state index contributed by atoms with van der Waals surface area (Å²) in [6.07, 6.45) is 3.33. The van der Waals surface area contributed by atoms with Crippen LogP contribution in [0.15, 0.2) is 28.0 Å². The summed E-state index contributed by atoms with van der Waals surface area (Å²) in [6.45, 7) is 9.00. The van der Waals surface area contributed by atoms with Crippen LogP contribution < -0.4 is 5.32 Å². The third kappa shape index (κ3) is 3.09. The van der Waals surface area contributed by atoms with E-state index in [4.69, 9.17) is 4.42 Å². The highest BCUT2D eigenvalue weighted by Gasteiger charge is 2.35. The van der Waals surface area contributed by atoms with Crippen molar-refractivity contribution in [2.75, 3.05) is 0 Å². The molecule has 1 aliphatic carbocycles. The monoisotopic (exact) mass is 303 g/mol. The van der Waals surface area contributed by atoms with Crippen LogP contribution in [0.4, 0.5) is 0 Å². The van der Waals surface area contributed by atoms with Gasteiger partial charge in [-0.15, -0.1) is 11.3 Å². The summed E-state index contributed by atoms with van der Waals surface area (Å²) < 4.78 is 5.94. The SMILES string of the molecule is CCC(NC1CC(C)(C)Cc2oc(C)cc21)c1cccs1. The number of rotatable bonds is 4. The van der Waals surface area contributed by atoms with E-state index in [1.165, 1.54) is 22.6 Å². The maximum absolute atomic E-state index is 5.94. The van der Waals surface area contributed by atoms with Crippen LogP contribution in [0.1, 0.15) is 67.7 Å². The number of hydrogen-bond donors (Lipinski definition) is 1. The molecule has 2 unspecified atom stereocenters. The van der Waals surface area contributed by atoms with Crippen LogP contribution in [0.25, 0.3) is 0 Å². The Balaban J connectivity index is 1.87. The lowest BCUT2D eigenvalue weighted by Crippen LogP contribution is -2.34. The first kappa shape index (κ1) is 14.9. The lowest BCUT2D eigenvalue weighted by atomic mass is 9.74. The third-order valence-corrected chi connectivity index (χ3v) is 5.42. The molecule has 2 nitrogen and oxygen atoms in total. The smallest absolute Gasteiger partial charge is 0.109 e. The average molecular weight is 303 g/mol. The Kier molecular flexibility index (Phi) is 3.98. The zero-order chi connectivity index (χ0) is 15.0. The predicted molar refractivity (Wildman–Crippen MR) is 88.8 cm³/mol. The Hall–Kier alpha value is -1.06. The van der Waals surface area contributed by atoms with Gasteiger partial charge in [0.05, 0.1) is 0 Å². The van der Waals surface area contributed by atoms with Crippen molar-refractivity contribution in [2.24, 2.45) is 5.41 Å². The second-order valence-electron chi connectivity index (χ2n) is 6.98. The Morgan fingerprint density at radius 3 is 2.95 bits per heavy atom. The molecule has 114 valence electrons. The second-order valence-corrected chi connectivity index (χ2v) is 7.96. The Morgan fingerprint density at radius 2 is 2.29 bits per heavy atom. The minimum absolute atomic E-state index is 0.294. The highest BCUT2D eigenvalue weighted by Crippen LogP contribution is 2.43. The molecule has 2 aromatic heterocycles. The minimum Gasteiger partial charge on any atom is -0.466 e. The molecule has 3 rings (SSSR count). The standard InChI is InChI=1S/C18H25NOS/c1-5-14(17-7-6-8-21-17)19-15-10-18(3,4)11-16-13(15)9-12(2)20-16/h6-9,14-15,19H,5,10-11H2,1-4H3. The molecule has 21 heavy (non-hydrogen) atoms. The second kappa shape index (κ2) is 5.62. The fourth-order valence-corrected chi connectivity index (χ4v) is 4.34. The molecule has 0 spiro atoms. The normalized spacial score (nSPS) is 22.0. The van der Waals surface area contributed by atoms with E-state index in [-0.39, 0.29) is 0 Å². The zero-order valence-corrected chi connectivity index (χ0v) is 14.2. The van der Waals surface area contributed by atoms with Crippen LogP contribution in [0.3, 0.4) is 0 Å². The summed E-state index contributed by atoms with van der Waals surface area (Å²) in [7, 11) is 0. The van der Waals surface area contributed by atoms with Gasteiger partial charge in [0.2, 0.25) is 0 Å². The average Bonchev–Trinajstić information content (AvgIpc) is 3.03. The van der Waals surface area contributed by atoms with Crippen LogP contribution in [0.5, 0.6) is 0 Å². The number of hydrogen-bond acceptors (Lipinski definition) is 3. The van der Waals surface area contributed by atoms with Crippen molar-refractivity contribution in [3.8, 4) is 0 Å². The van der Waals surface area contributed by atoms with Crippen molar-refractivity contribution in [2.45, 2.75) is 59.0 Å². The van der Waals surface area contributed by atoms with Gasteiger partial charge in [-0.25, -0.2) is 0 Å². The van der Waals surface area contributed by atoms with E-state index >= 15 is 0 Å². The summed E-state index contributed by atoms with van der Waals surface area (Å²) in [5, 5.41) is 6.05. The first-order valence-corrected chi connectivity index (χ1v) is 8.75. The number of aryl methyl sites for hydroxylation is 1. The lowest BCUT2D eigenvalue weighted by Gasteiger charge is -2.36. The van der Waals surface area contributed by atoms with E-state index in [1.807, 2.05) is 11.3 Å². The summed E-state index contributed by atoms with van der Waals surface area (Å²) in [5.74, 6) is 2.22. The Morgan fingerprint density at radius 1 is 1.48 bits per heavy atom. The molecule has 2 aromatic rings. The number of fused-ring (bicyclic) bond motifs is 1. The van der Waals surface area contributed by atoms with Crippen molar-refractivity contribution in [3.05, 3.63) is 45.5 Å². The van der Waals surface area contributed by atoms with E-state index in [2.05, 4.69) is 56.6 Å².